The summed E-state index contributed by atoms with van der Waals surface area (Å²) in [6.45, 7) is 8.02. The second-order valence-electron chi connectivity index (χ2n) is 10.5. The fraction of sp³-hybridized carbons (Fsp3) is 0.300. The second-order valence-corrected chi connectivity index (χ2v) is 11.6. The summed E-state index contributed by atoms with van der Waals surface area (Å²) < 4.78 is 11.7. The van der Waals surface area contributed by atoms with E-state index in [2.05, 4.69) is 15.5 Å². The number of ether oxygens (including phenoxy) is 2. The van der Waals surface area contributed by atoms with Gasteiger partial charge in [-0.1, -0.05) is 55.5 Å². The van der Waals surface area contributed by atoms with E-state index in [-0.39, 0.29) is 17.7 Å². The number of para-hydroxylation sites is 1. The van der Waals surface area contributed by atoms with E-state index in [0.717, 1.165) is 21.7 Å². The molecule has 0 bridgehead atoms. The first-order valence-electron chi connectivity index (χ1n) is 13.2. The van der Waals surface area contributed by atoms with Crippen molar-refractivity contribution in [3.63, 3.8) is 0 Å². The van der Waals surface area contributed by atoms with Crippen LogP contribution in [0, 0.1) is 12.3 Å². The average molecular weight is 556 g/mol. The molecular weight excluding hydrogens is 526 g/mol. The Labute approximate surface area is 236 Å². The Morgan fingerprint density at radius 3 is 2.48 bits per heavy atom. The van der Waals surface area contributed by atoms with Gasteiger partial charge in [0.2, 0.25) is 11.0 Å². The highest BCUT2D eigenvalue weighted by molar-refractivity contribution is 7.15. The molecule has 0 aliphatic carbocycles. The molecule has 10 heteroatoms. The van der Waals surface area contributed by atoms with Gasteiger partial charge in [-0.25, -0.2) is 0 Å². The summed E-state index contributed by atoms with van der Waals surface area (Å²) in [7, 11) is 0. The zero-order valence-electron chi connectivity index (χ0n) is 22.5. The standard InChI is InChI=1S/C30H29N5O4S/c1-18-33-34-29(40-18)32-28(37)30(2,3)26-21-6-4-5-7-24(21)39-25-16-23(31-17-22(25)26)19-8-10-20(11-9-19)27(36)35-12-14-38-15-13-35/h4-11,16-17,26H,12-15H2,1-3H3,(H,32,34,37). The highest BCUT2D eigenvalue weighted by Gasteiger charge is 2.44. The first kappa shape index (κ1) is 26.1. The number of amides is 2. The van der Waals surface area contributed by atoms with Gasteiger partial charge in [0.05, 0.1) is 24.3 Å². The molecule has 1 atom stereocenters. The van der Waals surface area contributed by atoms with Gasteiger partial charge in [-0.3, -0.25) is 14.6 Å². The van der Waals surface area contributed by atoms with Gasteiger partial charge in [-0.15, -0.1) is 10.2 Å². The molecule has 0 radical (unpaired) electrons. The van der Waals surface area contributed by atoms with E-state index in [0.29, 0.717) is 54.2 Å². The molecule has 0 spiro atoms. The summed E-state index contributed by atoms with van der Waals surface area (Å²) in [6, 6.07) is 17.1. The van der Waals surface area contributed by atoms with Crippen molar-refractivity contribution >= 4 is 28.3 Å². The lowest BCUT2D eigenvalue weighted by atomic mass is 9.69. The maximum atomic E-state index is 13.6. The molecule has 1 fully saturated rings. The Kier molecular flexibility index (Phi) is 6.81. The lowest BCUT2D eigenvalue weighted by Gasteiger charge is -2.37. The highest BCUT2D eigenvalue weighted by atomic mass is 32.1. The lowest BCUT2D eigenvalue weighted by molar-refractivity contribution is -0.124. The third kappa shape index (κ3) is 4.84. The van der Waals surface area contributed by atoms with Crippen LogP contribution in [0.4, 0.5) is 5.13 Å². The number of aromatic nitrogens is 3. The number of anilines is 1. The van der Waals surface area contributed by atoms with Gasteiger partial charge in [0.15, 0.2) is 0 Å². The molecule has 40 heavy (non-hydrogen) atoms. The SMILES string of the molecule is Cc1nnc(NC(=O)C(C)(C)C2c3ccccc3Oc3cc(-c4ccc(C(=O)N5CCOCC5)cc4)ncc32)s1. The van der Waals surface area contributed by atoms with Gasteiger partial charge in [0.1, 0.15) is 16.5 Å². The first-order chi connectivity index (χ1) is 19.3. The van der Waals surface area contributed by atoms with Crippen molar-refractivity contribution in [1.29, 1.82) is 0 Å². The van der Waals surface area contributed by atoms with Crippen LogP contribution in [0.5, 0.6) is 11.5 Å². The van der Waals surface area contributed by atoms with E-state index >= 15 is 0 Å². The van der Waals surface area contributed by atoms with Crippen molar-refractivity contribution < 1.29 is 19.1 Å². The van der Waals surface area contributed by atoms with Crippen LogP contribution < -0.4 is 10.1 Å². The van der Waals surface area contributed by atoms with Gasteiger partial charge in [-0.2, -0.15) is 0 Å². The van der Waals surface area contributed by atoms with Gasteiger partial charge < -0.3 is 19.7 Å². The number of hydrogen-bond donors (Lipinski definition) is 1. The highest BCUT2D eigenvalue weighted by Crippen LogP contribution is 2.52. The van der Waals surface area contributed by atoms with E-state index in [1.807, 2.05) is 80.3 Å². The minimum atomic E-state index is -0.862. The fourth-order valence-corrected chi connectivity index (χ4v) is 5.84. The minimum absolute atomic E-state index is 0.000213. The Balaban J connectivity index is 1.31. The van der Waals surface area contributed by atoms with Crippen molar-refractivity contribution in [2.75, 3.05) is 31.6 Å². The van der Waals surface area contributed by atoms with E-state index in [1.54, 1.807) is 6.20 Å². The number of benzene rings is 2. The van der Waals surface area contributed by atoms with Crippen molar-refractivity contribution in [1.82, 2.24) is 20.1 Å². The van der Waals surface area contributed by atoms with Gasteiger partial charge >= 0.3 is 0 Å². The maximum absolute atomic E-state index is 13.6. The van der Waals surface area contributed by atoms with E-state index < -0.39 is 5.41 Å². The Morgan fingerprint density at radius 2 is 1.75 bits per heavy atom. The van der Waals surface area contributed by atoms with Crippen molar-refractivity contribution in [2.24, 2.45) is 5.41 Å². The van der Waals surface area contributed by atoms with Crippen LogP contribution in [0.2, 0.25) is 0 Å². The number of rotatable bonds is 5. The number of fused-ring (bicyclic) bond motifs is 2. The molecule has 204 valence electrons. The van der Waals surface area contributed by atoms with E-state index in [9.17, 15) is 9.59 Å². The van der Waals surface area contributed by atoms with Crippen LogP contribution in [0.3, 0.4) is 0 Å². The van der Waals surface area contributed by atoms with Gasteiger partial charge in [0.25, 0.3) is 5.91 Å². The summed E-state index contributed by atoms with van der Waals surface area (Å²) in [5.74, 6) is 0.878. The Bertz CT molecular complexity index is 1580. The third-order valence-corrected chi connectivity index (χ3v) is 8.19. The van der Waals surface area contributed by atoms with E-state index in [4.69, 9.17) is 14.5 Å². The molecule has 6 rings (SSSR count). The smallest absolute Gasteiger partial charge is 0.254 e. The third-order valence-electron chi connectivity index (χ3n) is 7.44. The molecule has 2 aliphatic rings. The van der Waals surface area contributed by atoms with Crippen LogP contribution in [0.1, 0.15) is 46.3 Å². The summed E-state index contributed by atoms with van der Waals surface area (Å²) in [6.07, 6.45) is 1.79. The molecular formula is C30H29N5O4S. The topological polar surface area (TPSA) is 107 Å². The molecule has 2 aromatic heterocycles. The molecule has 2 amide bonds. The molecule has 1 unspecified atom stereocenters. The zero-order valence-corrected chi connectivity index (χ0v) is 23.3. The summed E-state index contributed by atoms with van der Waals surface area (Å²) >= 11 is 1.34. The number of carbonyl (C=O) groups excluding carboxylic acids is 2. The molecule has 2 aliphatic heterocycles. The number of nitrogens with zero attached hydrogens (tertiary/aromatic N) is 4. The Hall–Kier alpha value is -4.15. The zero-order chi connectivity index (χ0) is 27.9. The van der Waals surface area contributed by atoms with Gasteiger partial charge in [0, 0.05) is 53.5 Å². The fourth-order valence-electron chi connectivity index (χ4n) is 5.25. The van der Waals surface area contributed by atoms with Crippen LogP contribution in [0.25, 0.3) is 11.3 Å². The van der Waals surface area contributed by atoms with Crippen molar-refractivity contribution in [2.45, 2.75) is 26.7 Å². The normalized spacial score (nSPS) is 16.5. The predicted molar refractivity (Wildman–Crippen MR) is 152 cm³/mol. The van der Waals surface area contributed by atoms with Crippen molar-refractivity contribution in [3.8, 4) is 22.8 Å². The molecule has 2 aromatic carbocycles. The number of aryl methyl sites for hydroxylation is 1. The van der Waals surface area contributed by atoms with Gasteiger partial charge in [-0.05, 0) is 25.1 Å². The Morgan fingerprint density at radius 1 is 1.00 bits per heavy atom. The molecule has 1 N–H and O–H groups in total. The molecule has 9 nitrogen and oxygen atoms in total. The quantitative estimate of drug-likeness (QED) is 0.357. The summed E-state index contributed by atoms with van der Waals surface area (Å²) in [5.41, 5.74) is 3.10. The van der Waals surface area contributed by atoms with Crippen LogP contribution in [-0.2, 0) is 9.53 Å². The minimum Gasteiger partial charge on any atom is -0.457 e. The van der Waals surface area contributed by atoms with Crippen molar-refractivity contribution in [3.05, 3.63) is 82.5 Å². The number of nitrogens with one attached hydrogen (secondary N) is 1. The summed E-state index contributed by atoms with van der Waals surface area (Å²) in [4.78, 5) is 33.0. The van der Waals surface area contributed by atoms with Crippen LogP contribution in [-0.4, -0.2) is 58.2 Å². The van der Waals surface area contributed by atoms with Crippen LogP contribution in [0.15, 0.2) is 60.8 Å². The number of morpholine rings is 1. The average Bonchev–Trinajstić information content (AvgIpc) is 3.39. The summed E-state index contributed by atoms with van der Waals surface area (Å²) in [5, 5.41) is 12.3. The number of hydrogen-bond acceptors (Lipinski definition) is 8. The predicted octanol–water partition coefficient (Wildman–Crippen LogP) is 5.28. The van der Waals surface area contributed by atoms with Crippen LogP contribution >= 0.6 is 11.3 Å². The monoisotopic (exact) mass is 555 g/mol. The molecule has 4 aromatic rings. The largest absolute Gasteiger partial charge is 0.457 e. The number of pyridine rings is 1. The first-order valence-corrected chi connectivity index (χ1v) is 14.0. The number of carbonyl (C=O) groups is 2. The second kappa shape index (κ2) is 10.4. The van der Waals surface area contributed by atoms with E-state index in [1.165, 1.54) is 11.3 Å². The molecule has 4 heterocycles. The molecule has 1 saturated heterocycles. The lowest BCUT2D eigenvalue weighted by Crippen LogP contribution is -2.40. The maximum Gasteiger partial charge on any atom is 0.254 e. The molecule has 0 saturated carbocycles.